The van der Waals surface area contributed by atoms with Crippen LogP contribution in [-0.2, 0) is 6.42 Å². The van der Waals surface area contributed by atoms with Crippen molar-refractivity contribution in [2.75, 3.05) is 0 Å². The number of rotatable bonds is 4. The molecule has 0 saturated carbocycles. The molecule has 0 fully saturated rings. The third kappa shape index (κ3) is 3.92. The van der Waals surface area contributed by atoms with Gasteiger partial charge in [-0.2, -0.15) is 0 Å². The summed E-state index contributed by atoms with van der Waals surface area (Å²) in [5, 5.41) is 2.94. The van der Waals surface area contributed by atoms with E-state index in [1.165, 1.54) is 18.2 Å². The Hall–Kier alpha value is -2.16. The van der Waals surface area contributed by atoms with E-state index < -0.39 is 11.4 Å². The van der Waals surface area contributed by atoms with Crippen molar-refractivity contribution in [3.05, 3.63) is 71.5 Å². The summed E-state index contributed by atoms with van der Waals surface area (Å²) in [5.41, 5.74) is 1.09. The van der Waals surface area contributed by atoms with Crippen molar-refractivity contribution in [3.8, 4) is 0 Å². The first-order chi connectivity index (χ1) is 9.46. The Bertz CT molecular complexity index is 593. The van der Waals surface area contributed by atoms with Crippen LogP contribution in [0.1, 0.15) is 29.8 Å². The Balaban J connectivity index is 2.06. The van der Waals surface area contributed by atoms with Gasteiger partial charge >= 0.3 is 0 Å². The summed E-state index contributed by atoms with van der Waals surface area (Å²) in [6.07, 6.45) is 0.717. The molecule has 0 radical (unpaired) electrons. The number of amides is 1. The molecule has 0 bridgehead atoms. The fraction of sp³-hybridized carbons (Fsp3) is 0.235. The molecule has 20 heavy (non-hydrogen) atoms. The van der Waals surface area contributed by atoms with Crippen LogP contribution in [0, 0.1) is 5.82 Å². The maximum atomic E-state index is 13.1. The number of carbonyl (C=O) groups excluding carboxylic acids is 1. The number of halogens is 1. The Morgan fingerprint density at radius 3 is 2.45 bits per heavy atom. The fourth-order valence-corrected chi connectivity index (χ4v) is 2.16. The van der Waals surface area contributed by atoms with Gasteiger partial charge in [0.05, 0.1) is 0 Å². The van der Waals surface area contributed by atoms with E-state index in [9.17, 15) is 9.18 Å². The fourth-order valence-electron chi connectivity index (χ4n) is 2.16. The molecule has 0 unspecified atom stereocenters. The lowest BCUT2D eigenvalue weighted by molar-refractivity contribution is 0.0912. The standard InChI is InChI=1S/C17H18FNO/c1-17(2,12-13-7-4-3-5-8-13)19-16(20)14-9-6-10-15(18)11-14/h3-11H,12H2,1-2H3,(H,19,20). The lowest BCUT2D eigenvalue weighted by Crippen LogP contribution is -2.45. The molecule has 0 spiro atoms. The van der Waals surface area contributed by atoms with E-state index >= 15 is 0 Å². The van der Waals surface area contributed by atoms with Crippen LogP contribution in [0.3, 0.4) is 0 Å². The molecular formula is C17H18FNO. The summed E-state index contributed by atoms with van der Waals surface area (Å²) >= 11 is 0. The zero-order valence-electron chi connectivity index (χ0n) is 11.7. The minimum atomic E-state index is -0.404. The average molecular weight is 271 g/mol. The van der Waals surface area contributed by atoms with Gasteiger partial charge in [-0.3, -0.25) is 4.79 Å². The van der Waals surface area contributed by atoms with Crippen molar-refractivity contribution in [1.82, 2.24) is 5.32 Å². The molecule has 0 heterocycles. The Labute approximate surface area is 118 Å². The van der Waals surface area contributed by atoms with Crippen molar-refractivity contribution < 1.29 is 9.18 Å². The smallest absolute Gasteiger partial charge is 0.251 e. The molecule has 0 aromatic heterocycles. The van der Waals surface area contributed by atoms with Gasteiger partial charge in [-0.25, -0.2) is 4.39 Å². The monoisotopic (exact) mass is 271 g/mol. The van der Waals surface area contributed by atoms with Crippen LogP contribution in [0.15, 0.2) is 54.6 Å². The Kier molecular flexibility index (Phi) is 4.18. The summed E-state index contributed by atoms with van der Waals surface area (Å²) in [5.74, 6) is -0.663. The highest BCUT2D eigenvalue weighted by Gasteiger charge is 2.21. The third-order valence-corrected chi connectivity index (χ3v) is 3.03. The summed E-state index contributed by atoms with van der Waals surface area (Å²) in [4.78, 5) is 12.1. The van der Waals surface area contributed by atoms with Crippen molar-refractivity contribution in [3.63, 3.8) is 0 Å². The zero-order valence-corrected chi connectivity index (χ0v) is 11.7. The highest BCUT2D eigenvalue weighted by Crippen LogP contribution is 2.14. The largest absolute Gasteiger partial charge is 0.347 e. The third-order valence-electron chi connectivity index (χ3n) is 3.03. The average Bonchev–Trinajstić information content (AvgIpc) is 2.38. The lowest BCUT2D eigenvalue weighted by atomic mass is 9.94. The van der Waals surface area contributed by atoms with Gasteiger partial charge in [0.15, 0.2) is 0 Å². The maximum absolute atomic E-state index is 13.1. The van der Waals surface area contributed by atoms with E-state index in [-0.39, 0.29) is 5.91 Å². The van der Waals surface area contributed by atoms with Crippen LogP contribution in [0.2, 0.25) is 0 Å². The van der Waals surface area contributed by atoms with E-state index in [0.29, 0.717) is 5.56 Å². The van der Waals surface area contributed by atoms with Crippen molar-refractivity contribution in [2.24, 2.45) is 0 Å². The molecule has 2 rings (SSSR count). The highest BCUT2D eigenvalue weighted by atomic mass is 19.1. The zero-order chi connectivity index (χ0) is 14.6. The van der Waals surface area contributed by atoms with Crippen LogP contribution in [-0.4, -0.2) is 11.4 Å². The molecule has 2 aromatic carbocycles. The molecule has 0 saturated heterocycles. The molecule has 0 atom stereocenters. The SMILES string of the molecule is CC(C)(Cc1ccccc1)NC(=O)c1cccc(F)c1. The maximum Gasteiger partial charge on any atom is 0.251 e. The summed E-state index contributed by atoms with van der Waals surface area (Å²) in [6.45, 7) is 3.91. The van der Waals surface area contributed by atoms with Crippen LogP contribution in [0.25, 0.3) is 0 Å². The first-order valence-electron chi connectivity index (χ1n) is 6.58. The molecule has 2 nitrogen and oxygen atoms in total. The Morgan fingerprint density at radius 2 is 1.80 bits per heavy atom. The normalized spacial score (nSPS) is 11.2. The predicted octanol–water partition coefficient (Wildman–Crippen LogP) is 3.58. The van der Waals surface area contributed by atoms with Crippen LogP contribution in [0.4, 0.5) is 4.39 Å². The molecule has 0 aliphatic carbocycles. The second-order valence-corrected chi connectivity index (χ2v) is 5.51. The van der Waals surface area contributed by atoms with Crippen molar-refractivity contribution in [2.45, 2.75) is 25.8 Å². The topological polar surface area (TPSA) is 29.1 Å². The van der Waals surface area contributed by atoms with Gasteiger partial charge in [0.1, 0.15) is 5.82 Å². The number of hydrogen-bond donors (Lipinski definition) is 1. The van der Waals surface area contributed by atoms with Crippen LogP contribution < -0.4 is 5.32 Å². The van der Waals surface area contributed by atoms with Gasteiger partial charge in [-0.1, -0.05) is 36.4 Å². The quantitative estimate of drug-likeness (QED) is 0.904. The second-order valence-electron chi connectivity index (χ2n) is 5.51. The molecule has 2 aromatic rings. The lowest BCUT2D eigenvalue weighted by Gasteiger charge is -2.26. The summed E-state index contributed by atoms with van der Waals surface area (Å²) in [6, 6.07) is 15.7. The van der Waals surface area contributed by atoms with Crippen LogP contribution in [0.5, 0.6) is 0 Å². The number of nitrogens with one attached hydrogen (secondary N) is 1. The Morgan fingerprint density at radius 1 is 1.10 bits per heavy atom. The summed E-state index contributed by atoms with van der Waals surface area (Å²) in [7, 11) is 0. The highest BCUT2D eigenvalue weighted by molar-refractivity contribution is 5.94. The molecule has 1 N–H and O–H groups in total. The van der Waals surface area contributed by atoms with Gasteiger partial charge in [0, 0.05) is 11.1 Å². The van der Waals surface area contributed by atoms with Crippen LogP contribution >= 0.6 is 0 Å². The van der Waals surface area contributed by atoms with E-state index in [1.54, 1.807) is 6.07 Å². The van der Waals surface area contributed by atoms with Gasteiger partial charge in [0.2, 0.25) is 0 Å². The van der Waals surface area contributed by atoms with E-state index in [2.05, 4.69) is 5.32 Å². The number of hydrogen-bond acceptors (Lipinski definition) is 1. The van der Waals surface area contributed by atoms with E-state index in [1.807, 2.05) is 44.2 Å². The first-order valence-corrected chi connectivity index (χ1v) is 6.58. The molecule has 3 heteroatoms. The van der Waals surface area contributed by atoms with E-state index in [0.717, 1.165) is 12.0 Å². The second kappa shape index (κ2) is 5.87. The van der Waals surface area contributed by atoms with Crippen molar-refractivity contribution >= 4 is 5.91 Å². The molecular weight excluding hydrogens is 253 g/mol. The molecule has 1 amide bonds. The van der Waals surface area contributed by atoms with E-state index in [4.69, 9.17) is 0 Å². The van der Waals surface area contributed by atoms with Crippen molar-refractivity contribution in [1.29, 1.82) is 0 Å². The number of benzene rings is 2. The van der Waals surface area contributed by atoms with Gasteiger partial charge in [-0.05, 0) is 44.0 Å². The molecule has 0 aliphatic heterocycles. The van der Waals surface area contributed by atoms with Gasteiger partial charge < -0.3 is 5.32 Å². The minimum Gasteiger partial charge on any atom is -0.347 e. The molecule has 0 aliphatic rings. The first kappa shape index (κ1) is 14.3. The van der Waals surface area contributed by atoms with Gasteiger partial charge in [0.25, 0.3) is 5.91 Å². The minimum absolute atomic E-state index is 0.259. The molecule has 104 valence electrons. The predicted molar refractivity (Wildman–Crippen MR) is 78.1 cm³/mol. The summed E-state index contributed by atoms with van der Waals surface area (Å²) < 4.78 is 13.1. The van der Waals surface area contributed by atoms with Gasteiger partial charge in [-0.15, -0.1) is 0 Å². The number of carbonyl (C=O) groups is 1.